The number of rotatable bonds is 6. The summed E-state index contributed by atoms with van der Waals surface area (Å²) in [7, 11) is 1.88. The van der Waals surface area contributed by atoms with Crippen LogP contribution in [0.3, 0.4) is 0 Å². The number of benzene rings is 2. The second kappa shape index (κ2) is 9.36. The van der Waals surface area contributed by atoms with E-state index in [2.05, 4.69) is 4.98 Å². The highest BCUT2D eigenvalue weighted by molar-refractivity contribution is 5.97. The summed E-state index contributed by atoms with van der Waals surface area (Å²) in [6.45, 7) is 3.02. The molecule has 8 nitrogen and oxygen atoms in total. The van der Waals surface area contributed by atoms with E-state index in [0.717, 1.165) is 16.8 Å². The highest BCUT2D eigenvalue weighted by Crippen LogP contribution is 2.29. The fourth-order valence-corrected chi connectivity index (χ4v) is 4.10. The van der Waals surface area contributed by atoms with Crippen LogP contribution in [0.1, 0.15) is 41.6 Å². The molecule has 0 radical (unpaired) electrons. The minimum atomic E-state index is -0.557. The number of phenolic OH excluding ortho intramolecular Hbond substituents is 1. The Hall–Kier alpha value is -3.81. The summed E-state index contributed by atoms with van der Waals surface area (Å²) in [6, 6.07) is 12.1. The van der Waals surface area contributed by atoms with Crippen molar-refractivity contribution in [3.63, 3.8) is 0 Å². The number of hydrogen-bond donors (Lipinski definition) is 2. The number of aromatic hydroxyl groups is 1. The molecule has 3 aromatic rings. The van der Waals surface area contributed by atoms with Crippen molar-refractivity contribution in [2.45, 2.75) is 31.8 Å². The molecule has 2 heterocycles. The topological polar surface area (TPSA) is 111 Å². The van der Waals surface area contributed by atoms with Crippen molar-refractivity contribution in [3.8, 4) is 22.8 Å². The molecule has 1 aliphatic heterocycles. The summed E-state index contributed by atoms with van der Waals surface area (Å²) in [6.07, 6.45) is 4.77. The van der Waals surface area contributed by atoms with Crippen molar-refractivity contribution in [2.24, 2.45) is 12.8 Å². The maximum absolute atomic E-state index is 12.9. The Morgan fingerprint density at radius 1 is 1.15 bits per heavy atom. The molecule has 1 aromatic heterocycles. The van der Waals surface area contributed by atoms with E-state index in [9.17, 15) is 14.7 Å². The SMILES string of the molecule is C[C@@H](C(=O)N1CCC(Oc2ccc(-c3cn(C)cn3)cc2C(N)=O)CC1)c1ccc(O)cc1. The molecule has 1 saturated heterocycles. The summed E-state index contributed by atoms with van der Waals surface area (Å²) in [5.74, 6) is -0.164. The van der Waals surface area contributed by atoms with Gasteiger partial charge in [-0.1, -0.05) is 12.1 Å². The van der Waals surface area contributed by atoms with Crippen molar-refractivity contribution in [3.05, 3.63) is 66.1 Å². The molecule has 0 saturated carbocycles. The molecule has 0 bridgehead atoms. The van der Waals surface area contributed by atoms with Crippen LogP contribution in [0.15, 0.2) is 55.0 Å². The zero-order valence-corrected chi connectivity index (χ0v) is 18.8. The quantitative estimate of drug-likeness (QED) is 0.602. The smallest absolute Gasteiger partial charge is 0.252 e. The number of imidazole rings is 1. The lowest BCUT2D eigenvalue weighted by atomic mass is 9.98. The molecule has 8 heteroatoms. The van der Waals surface area contributed by atoms with Crippen LogP contribution in [-0.2, 0) is 11.8 Å². The number of ether oxygens (including phenoxy) is 1. The number of hydrogen-bond acceptors (Lipinski definition) is 5. The first-order chi connectivity index (χ1) is 15.8. The van der Waals surface area contributed by atoms with Crippen molar-refractivity contribution in [2.75, 3.05) is 13.1 Å². The Balaban J connectivity index is 1.40. The van der Waals surface area contributed by atoms with E-state index in [1.807, 2.05) is 35.7 Å². The first kappa shape index (κ1) is 22.4. The molecule has 172 valence electrons. The number of nitrogens with zero attached hydrogens (tertiary/aromatic N) is 3. The highest BCUT2D eigenvalue weighted by Gasteiger charge is 2.28. The largest absolute Gasteiger partial charge is 0.508 e. The number of primary amides is 1. The maximum Gasteiger partial charge on any atom is 0.252 e. The number of piperidine rings is 1. The predicted molar refractivity (Wildman–Crippen MR) is 124 cm³/mol. The number of nitrogens with two attached hydrogens (primary N) is 1. The summed E-state index contributed by atoms with van der Waals surface area (Å²) >= 11 is 0. The van der Waals surface area contributed by atoms with Crippen molar-refractivity contribution < 1.29 is 19.4 Å². The Morgan fingerprint density at radius 3 is 2.45 bits per heavy atom. The average Bonchev–Trinajstić information content (AvgIpc) is 3.25. The van der Waals surface area contributed by atoms with E-state index in [1.165, 1.54) is 0 Å². The molecule has 0 unspecified atom stereocenters. The molecule has 4 rings (SSSR count). The number of aryl methyl sites for hydroxylation is 1. The lowest BCUT2D eigenvalue weighted by Gasteiger charge is -2.34. The predicted octanol–water partition coefficient (Wildman–Crippen LogP) is 3.07. The fraction of sp³-hybridized carbons (Fsp3) is 0.320. The average molecular weight is 449 g/mol. The van der Waals surface area contributed by atoms with Gasteiger partial charge in [0.2, 0.25) is 5.91 Å². The van der Waals surface area contributed by atoms with Crippen LogP contribution in [0.25, 0.3) is 11.3 Å². The van der Waals surface area contributed by atoms with Crippen LogP contribution in [0, 0.1) is 0 Å². The van der Waals surface area contributed by atoms with Crippen LogP contribution < -0.4 is 10.5 Å². The van der Waals surface area contributed by atoms with Crippen LogP contribution in [0.4, 0.5) is 0 Å². The third kappa shape index (κ3) is 5.00. The number of aromatic nitrogens is 2. The second-order valence-corrected chi connectivity index (χ2v) is 8.46. The third-order valence-electron chi connectivity index (χ3n) is 6.06. The van der Waals surface area contributed by atoms with Crippen LogP contribution in [0.2, 0.25) is 0 Å². The summed E-state index contributed by atoms with van der Waals surface area (Å²) in [5.41, 5.74) is 8.35. The summed E-state index contributed by atoms with van der Waals surface area (Å²) < 4.78 is 7.97. The third-order valence-corrected chi connectivity index (χ3v) is 6.06. The lowest BCUT2D eigenvalue weighted by molar-refractivity contribution is -0.134. The zero-order chi connectivity index (χ0) is 23.5. The zero-order valence-electron chi connectivity index (χ0n) is 18.8. The molecule has 1 atom stereocenters. The number of likely N-dealkylation sites (tertiary alicyclic amines) is 1. The van der Waals surface area contributed by atoms with Gasteiger partial charge in [-0.25, -0.2) is 4.98 Å². The van der Waals surface area contributed by atoms with E-state index in [0.29, 0.717) is 37.2 Å². The molecule has 1 aliphatic rings. The maximum atomic E-state index is 12.9. The van der Waals surface area contributed by atoms with Gasteiger partial charge in [-0.3, -0.25) is 9.59 Å². The van der Waals surface area contributed by atoms with E-state index in [-0.39, 0.29) is 23.7 Å². The first-order valence-corrected chi connectivity index (χ1v) is 11.0. The molecule has 3 N–H and O–H groups in total. The van der Waals surface area contributed by atoms with Gasteiger partial charge in [-0.15, -0.1) is 0 Å². The summed E-state index contributed by atoms with van der Waals surface area (Å²) in [5, 5.41) is 9.46. The molecule has 1 fully saturated rings. The second-order valence-electron chi connectivity index (χ2n) is 8.46. The van der Waals surface area contributed by atoms with Gasteiger partial charge in [0.05, 0.1) is 23.5 Å². The van der Waals surface area contributed by atoms with Gasteiger partial charge in [0.1, 0.15) is 17.6 Å². The van der Waals surface area contributed by atoms with Crippen molar-refractivity contribution in [1.82, 2.24) is 14.5 Å². The van der Waals surface area contributed by atoms with Crippen molar-refractivity contribution >= 4 is 11.8 Å². The normalized spacial score (nSPS) is 15.3. The van der Waals surface area contributed by atoms with E-state index in [4.69, 9.17) is 10.5 Å². The van der Waals surface area contributed by atoms with E-state index >= 15 is 0 Å². The first-order valence-electron chi connectivity index (χ1n) is 11.0. The molecule has 33 heavy (non-hydrogen) atoms. The van der Waals surface area contributed by atoms with Gasteiger partial charge in [0, 0.05) is 44.7 Å². The van der Waals surface area contributed by atoms with Gasteiger partial charge in [-0.05, 0) is 42.8 Å². The van der Waals surface area contributed by atoms with Gasteiger partial charge >= 0.3 is 0 Å². The van der Waals surface area contributed by atoms with Crippen LogP contribution in [0.5, 0.6) is 11.5 Å². The molecular formula is C25H28N4O4. The molecule has 0 aliphatic carbocycles. The Kier molecular flexibility index (Phi) is 6.35. The molecule has 2 amide bonds. The number of carbonyl (C=O) groups is 2. The molecule has 0 spiro atoms. The van der Waals surface area contributed by atoms with E-state index in [1.54, 1.807) is 42.7 Å². The minimum absolute atomic E-state index is 0.0525. The van der Waals surface area contributed by atoms with Gasteiger partial charge in [0.25, 0.3) is 5.91 Å². The Morgan fingerprint density at radius 2 is 1.85 bits per heavy atom. The molecule has 2 aromatic carbocycles. The number of phenols is 1. The van der Waals surface area contributed by atoms with Crippen molar-refractivity contribution in [1.29, 1.82) is 0 Å². The lowest BCUT2D eigenvalue weighted by Crippen LogP contribution is -2.43. The fourth-order valence-electron chi connectivity index (χ4n) is 4.10. The van der Waals surface area contributed by atoms with Gasteiger partial charge < -0.3 is 25.0 Å². The number of carbonyl (C=O) groups excluding carboxylic acids is 2. The Bertz CT molecular complexity index is 1150. The van der Waals surface area contributed by atoms with E-state index < -0.39 is 5.91 Å². The van der Waals surface area contributed by atoms with Gasteiger partial charge in [-0.2, -0.15) is 0 Å². The Labute approximate surface area is 192 Å². The minimum Gasteiger partial charge on any atom is -0.508 e. The monoisotopic (exact) mass is 448 g/mol. The highest BCUT2D eigenvalue weighted by atomic mass is 16.5. The standard InChI is InChI=1S/C25H28N4O4/c1-16(17-3-6-19(30)7-4-17)25(32)29-11-9-20(10-12-29)33-23-8-5-18(13-21(23)24(26)31)22-14-28(2)15-27-22/h3-8,13-16,20,30H,9-12H2,1-2H3,(H2,26,31)/t16-/m1/s1. The number of amides is 2. The molecular weight excluding hydrogens is 420 g/mol. The summed E-state index contributed by atoms with van der Waals surface area (Å²) in [4.78, 5) is 31.2. The van der Waals surface area contributed by atoms with Crippen LogP contribution in [-0.4, -0.2) is 50.6 Å². The van der Waals surface area contributed by atoms with Gasteiger partial charge in [0.15, 0.2) is 0 Å². The van der Waals surface area contributed by atoms with Crippen LogP contribution >= 0.6 is 0 Å².